The highest BCUT2D eigenvalue weighted by atomic mass is 16.4. The first-order valence-electron chi connectivity index (χ1n) is 8.88. The van der Waals surface area contributed by atoms with Gasteiger partial charge >= 0.3 is 5.97 Å². The predicted molar refractivity (Wildman–Crippen MR) is 97.8 cm³/mol. The fourth-order valence-corrected chi connectivity index (χ4v) is 2.51. The van der Waals surface area contributed by atoms with Gasteiger partial charge in [0.2, 0.25) is 0 Å². The Morgan fingerprint density at radius 2 is 1.58 bits per heavy atom. The lowest BCUT2D eigenvalue weighted by Gasteiger charge is -2.05. The predicted octanol–water partition coefficient (Wildman–Crippen LogP) is 3.01. The van der Waals surface area contributed by atoms with Crippen LogP contribution < -0.4 is 11.5 Å². The molecule has 0 aliphatic heterocycles. The van der Waals surface area contributed by atoms with Crippen LogP contribution in [0.25, 0.3) is 0 Å². The van der Waals surface area contributed by atoms with Crippen LogP contribution in [0.3, 0.4) is 0 Å². The van der Waals surface area contributed by atoms with Gasteiger partial charge in [-0.1, -0.05) is 51.9 Å². The molecule has 0 amide bonds. The van der Waals surface area contributed by atoms with Gasteiger partial charge in [-0.15, -0.1) is 0 Å². The van der Waals surface area contributed by atoms with Crippen LogP contribution in [-0.4, -0.2) is 29.9 Å². The van der Waals surface area contributed by atoms with Gasteiger partial charge in [-0.05, 0) is 24.8 Å². The summed E-state index contributed by atoms with van der Waals surface area (Å²) in [6.07, 6.45) is 13.1. The van der Waals surface area contributed by atoms with E-state index in [0.29, 0.717) is 6.42 Å². The molecule has 0 aliphatic rings. The number of unbranched alkanes of at least 4 members (excludes halogenated alkanes) is 7. The summed E-state index contributed by atoms with van der Waals surface area (Å²) in [7, 11) is 0. The second-order valence-electron chi connectivity index (χ2n) is 6.36. The van der Waals surface area contributed by atoms with Crippen LogP contribution >= 0.6 is 0 Å². The van der Waals surface area contributed by atoms with Crippen molar-refractivity contribution in [2.45, 2.75) is 71.1 Å². The number of guanidine groups is 1. The second-order valence-corrected chi connectivity index (χ2v) is 6.36. The molecule has 0 aliphatic carbocycles. The van der Waals surface area contributed by atoms with Crippen molar-refractivity contribution in [3.8, 4) is 0 Å². The van der Waals surface area contributed by atoms with Crippen LogP contribution in [0.2, 0.25) is 0 Å². The lowest BCUT2D eigenvalue weighted by molar-refractivity contribution is -0.131. The molecule has 1 atom stereocenters. The molecule has 0 heterocycles. The average Bonchev–Trinajstić information content (AvgIpc) is 2.53. The molecule has 5 N–H and O–H groups in total. The van der Waals surface area contributed by atoms with E-state index < -0.39 is 5.97 Å². The summed E-state index contributed by atoms with van der Waals surface area (Å²) in [5, 5.41) is 8.84. The summed E-state index contributed by atoms with van der Waals surface area (Å²) in [6, 6.07) is 0. The van der Waals surface area contributed by atoms with Gasteiger partial charge in [0, 0.05) is 12.0 Å². The molecule has 0 saturated heterocycles. The highest BCUT2D eigenvalue weighted by molar-refractivity contribution is 5.81. The summed E-state index contributed by atoms with van der Waals surface area (Å²) in [6.45, 7) is 2.22. The number of hydrogen-bond donors (Lipinski definition) is 3. The van der Waals surface area contributed by atoms with Crippen molar-refractivity contribution in [1.29, 1.82) is 0 Å². The molecular weight excluding hydrogens is 306 g/mol. The Bertz CT molecular complexity index is 416. The largest absolute Gasteiger partial charge is 0.478 e. The monoisotopic (exact) mass is 339 g/mol. The number of carboxylic acid groups (broad SMARTS) is 1. The molecular formula is C18H33N3O3. The highest BCUT2D eigenvalue weighted by Gasteiger charge is 2.02. The number of hydrogen-bond acceptors (Lipinski definition) is 3. The first-order valence-corrected chi connectivity index (χ1v) is 8.88. The van der Waals surface area contributed by atoms with E-state index in [0.717, 1.165) is 44.0 Å². The molecule has 24 heavy (non-hydrogen) atoms. The number of nitrogens with zero attached hydrogens (tertiary/aromatic N) is 1. The summed E-state index contributed by atoms with van der Waals surface area (Å²) in [5.74, 6) is -0.787. The van der Waals surface area contributed by atoms with Crippen LogP contribution in [0.1, 0.15) is 71.1 Å². The zero-order valence-electron chi connectivity index (χ0n) is 14.9. The van der Waals surface area contributed by atoms with E-state index in [-0.39, 0.29) is 18.4 Å². The van der Waals surface area contributed by atoms with Gasteiger partial charge in [-0.2, -0.15) is 0 Å². The summed E-state index contributed by atoms with van der Waals surface area (Å²) in [4.78, 5) is 25.1. The number of nitrogens with two attached hydrogens (primary N) is 2. The molecule has 0 fully saturated rings. The number of aliphatic imine (C=N–C) groups is 1. The van der Waals surface area contributed by atoms with Crippen molar-refractivity contribution >= 4 is 18.2 Å². The first kappa shape index (κ1) is 22.1. The molecule has 0 rings (SSSR count). The average molecular weight is 339 g/mol. The van der Waals surface area contributed by atoms with E-state index in [1.54, 1.807) is 0 Å². The number of carbonyl (C=O) groups is 2. The third-order valence-corrected chi connectivity index (χ3v) is 3.93. The van der Waals surface area contributed by atoms with Crippen LogP contribution in [-0.2, 0) is 9.59 Å². The van der Waals surface area contributed by atoms with Gasteiger partial charge in [0.15, 0.2) is 5.96 Å². The Morgan fingerprint density at radius 1 is 1.04 bits per heavy atom. The van der Waals surface area contributed by atoms with Crippen molar-refractivity contribution in [2.24, 2.45) is 22.4 Å². The first-order chi connectivity index (χ1) is 11.5. The van der Waals surface area contributed by atoms with E-state index in [4.69, 9.17) is 16.6 Å². The summed E-state index contributed by atoms with van der Waals surface area (Å²) >= 11 is 0. The Kier molecular flexibility index (Phi) is 13.6. The van der Waals surface area contributed by atoms with Crippen LogP contribution in [0.15, 0.2) is 16.6 Å². The minimum atomic E-state index is -0.959. The van der Waals surface area contributed by atoms with Crippen molar-refractivity contribution < 1.29 is 14.7 Å². The second kappa shape index (κ2) is 14.7. The third kappa shape index (κ3) is 15.1. The van der Waals surface area contributed by atoms with Crippen LogP contribution in [0.4, 0.5) is 0 Å². The molecule has 6 heteroatoms. The summed E-state index contributed by atoms with van der Waals surface area (Å²) < 4.78 is 0. The number of carbonyl (C=O) groups excluding carboxylic acids is 1. The maximum Gasteiger partial charge on any atom is 0.328 e. The molecule has 138 valence electrons. The maximum absolute atomic E-state index is 10.8. The number of carboxylic acids is 1. The Balaban J connectivity index is 3.67. The molecule has 0 bridgehead atoms. The Labute approximate surface area is 145 Å². The van der Waals surface area contributed by atoms with Crippen LogP contribution in [0.5, 0.6) is 0 Å². The molecule has 1 unspecified atom stereocenters. The third-order valence-electron chi connectivity index (χ3n) is 3.93. The molecule has 0 aromatic rings. The molecule has 0 aromatic carbocycles. The smallest absolute Gasteiger partial charge is 0.328 e. The molecule has 0 radical (unpaired) electrons. The van der Waals surface area contributed by atoms with E-state index in [2.05, 4.69) is 4.99 Å². The highest BCUT2D eigenvalue weighted by Crippen LogP contribution is 2.14. The molecule has 0 saturated carbocycles. The molecule has 0 aromatic heterocycles. The van der Waals surface area contributed by atoms with Gasteiger partial charge in [0.05, 0.1) is 6.54 Å². The fraction of sp³-hybridized carbons (Fsp3) is 0.722. The van der Waals surface area contributed by atoms with Gasteiger partial charge in [-0.25, -0.2) is 9.79 Å². The van der Waals surface area contributed by atoms with Gasteiger partial charge in [0.1, 0.15) is 6.29 Å². The van der Waals surface area contributed by atoms with Crippen molar-refractivity contribution in [2.75, 3.05) is 6.54 Å². The zero-order chi connectivity index (χ0) is 18.2. The quantitative estimate of drug-likeness (QED) is 0.139. The lowest BCUT2D eigenvalue weighted by Crippen LogP contribution is -2.23. The van der Waals surface area contributed by atoms with Gasteiger partial charge in [0.25, 0.3) is 0 Å². The zero-order valence-corrected chi connectivity index (χ0v) is 14.9. The van der Waals surface area contributed by atoms with Gasteiger partial charge < -0.3 is 21.4 Å². The van der Waals surface area contributed by atoms with E-state index in [1.807, 2.05) is 6.92 Å². The number of aliphatic carboxylic acids is 1. The number of rotatable bonds is 15. The van der Waals surface area contributed by atoms with E-state index >= 15 is 0 Å². The van der Waals surface area contributed by atoms with Crippen molar-refractivity contribution in [3.05, 3.63) is 11.6 Å². The lowest BCUT2D eigenvalue weighted by atomic mass is 10.0. The standard InChI is InChI=1S/C18H33N3O3/c1-15(14-22)10-8-6-4-2-3-5-7-9-11-16(12-17(23)24)13-21-18(19)20/h12,14-15H,2-11,13H2,1H3,(H,23,24)(H4,19,20,21). The normalized spacial score (nSPS) is 12.6. The molecule has 6 nitrogen and oxygen atoms in total. The van der Waals surface area contributed by atoms with Crippen LogP contribution in [0, 0.1) is 5.92 Å². The minimum Gasteiger partial charge on any atom is -0.478 e. The van der Waals surface area contributed by atoms with Crippen molar-refractivity contribution in [3.63, 3.8) is 0 Å². The Hall–Kier alpha value is -1.85. The topological polar surface area (TPSA) is 119 Å². The molecule has 0 spiro atoms. The minimum absolute atomic E-state index is 0.0196. The van der Waals surface area contributed by atoms with E-state index in [9.17, 15) is 9.59 Å². The SMILES string of the molecule is CC(C=O)CCCCCCCCCCC(=CC(=O)O)CN=C(N)N. The van der Waals surface area contributed by atoms with Crippen molar-refractivity contribution in [1.82, 2.24) is 0 Å². The van der Waals surface area contributed by atoms with Gasteiger partial charge in [-0.3, -0.25) is 0 Å². The maximum atomic E-state index is 10.8. The summed E-state index contributed by atoms with van der Waals surface area (Å²) in [5.41, 5.74) is 11.3. The Morgan fingerprint density at radius 3 is 2.08 bits per heavy atom. The van der Waals surface area contributed by atoms with E-state index in [1.165, 1.54) is 31.8 Å². The number of aldehydes is 1. The fourth-order valence-electron chi connectivity index (χ4n) is 2.51.